The second kappa shape index (κ2) is 4.92. The number of carboxylic acid groups (broad SMARTS) is 1. The lowest BCUT2D eigenvalue weighted by Crippen LogP contribution is -2.60. The summed E-state index contributed by atoms with van der Waals surface area (Å²) in [6.45, 7) is 4.54. The molecule has 4 saturated carbocycles. The molecule has 0 aromatic carbocycles. The smallest absolute Gasteiger partial charge is 0.303 e. The van der Waals surface area contributed by atoms with Crippen molar-refractivity contribution in [3.63, 3.8) is 0 Å². The van der Waals surface area contributed by atoms with E-state index in [1.54, 1.807) is 0 Å². The number of carboxylic acids is 1. The van der Waals surface area contributed by atoms with Gasteiger partial charge in [0, 0.05) is 23.7 Å². The normalized spacial score (nSPS) is 57.9. The fourth-order valence-corrected chi connectivity index (χ4v) is 8.66. The van der Waals surface area contributed by atoms with Crippen molar-refractivity contribution < 1.29 is 24.5 Å². The van der Waals surface area contributed by atoms with Gasteiger partial charge in [-0.05, 0) is 68.3 Å². The van der Waals surface area contributed by atoms with Crippen LogP contribution in [0.2, 0.25) is 0 Å². The molecule has 0 amide bonds. The van der Waals surface area contributed by atoms with E-state index in [9.17, 15) is 19.8 Å². The third-order valence-corrected chi connectivity index (χ3v) is 10.2. The molecule has 5 fully saturated rings. The zero-order valence-corrected chi connectivity index (χ0v) is 16.7. The van der Waals surface area contributed by atoms with E-state index in [-0.39, 0.29) is 34.7 Å². The number of hydrogen-bond acceptors (Lipinski definition) is 4. The molecule has 0 aromatic rings. The second-order valence-corrected chi connectivity index (χ2v) is 11.0. The number of aliphatic hydroxyl groups is 1. The Kier molecular flexibility index (Phi) is 3.10. The lowest BCUT2D eigenvalue weighted by molar-refractivity contribution is -0.144. The van der Waals surface area contributed by atoms with E-state index in [0.717, 1.165) is 25.7 Å². The first-order valence-electron chi connectivity index (χ1n) is 11.0. The Balaban J connectivity index is 1.40. The van der Waals surface area contributed by atoms with Crippen LogP contribution in [-0.4, -0.2) is 39.3 Å². The van der Waals surface area contributed by atoms with Gasteiger partial charge in [0.2, 0.25) is 0 Å². The Morgan fingerprint density at radius 2 is 2.11 bits per heavy atom. The summed E-state index contributed by atoms with van der Waals surface area (Å²) in [4.78, 5) is 23.3. The number of rotatable bonds is 3. The first-order valence-corrected chi connectivity index (χ1v) is 11.0. The fourth-order valence-electron chi connectivity index (χ4n) is 8.66. The minimum Gasteiger partial charge on any atom is -0.481 e. The van der Waals surface area contributed by atoms with Gasteiger partial charge >= 0.3 is 5.97 Å². The maximum atomic E-state index is 12.1. The average molecular weight is 386 g/mol. The standard InChI is InChI=1S/C23H30O5/c1-20-6-3-12(24)9-16(20)13-10-14(13)19-15-4-7-22(27,8-5-18(25)26)21(15,2)11-17-23(19,20)28-17/h9,13-15,17,19,27H,3-8,10-11H2,1-2H3,(H,25,26)/t13-,14+,15+,17?,19+,20+,21+,22-,23-/m1/s1. The highest BCUT2D eigenvalue weighted by atomic mass is 16.6. The molecule has 28 heavy (non-hydrogen) atoms. The molecule has 6 rings (SSSR count). The number of carbonyl (C=O) groups excluding carboxylic acids is 1. The van der Waals surface area contributed by atoms with Gasteiger partial charge < -0.3 is 14.9 Å². The van der Waals surface area contributed by atoms with Gasteiger partial charge in [0.25, 0.3) is 0 Å². The highest BCUT2D eigenvalue weighted by Crippen LogP contribution is 2.82. The van der Waals surface area contributed by atoms with E-state index in [1.807, 2.05) is 6.08 Å². The second-order valence-electron chi connectivity index (χ2n) is 11.0. The maximum Gasteiger partial charge on any atom is 0.303 e. The van der Waals surface area contributed by atoms with Crippen LogP contribution < -0.4 is 0 Å². The molecule has 1 saturated heterocycles. The van der Waals surface area contributed by atoms with E-state index in [0.29, 0.717) is 42.9 Å². The van der Waals surface area contributed by atoms with Gasteiger partial charge in [-0.1, -0.05) is 19.4 Å². The summed E-state index contributed by atoms with van der Waals surface area (Å²) >= 11 is 0. The van der Waals surface area contributed by atoms with E-state index >= 15 is 0 Å². The van der Waals surface area contributed by atoms with E-state index in [4.69, 9.17) is 4.74 Å². The largest absolute Gasteiger partial charge is 0.481 e. The van der Waals surface area contributed by atoms with Crippen LogP contribution in [0.25, 0.3) is 0 Å². The zero-order valence-electron chi connectivity index (χ0n) is 16.7. The summed E-state index contributed by atoms with van der Waals surface area (Å²) in [6, 6.07) is 0. The lowest BCUT2D eigenvalue weighted by atomic mass is 9.46. The molecule has 5 nitrogen and oxygen atoms in total. The minimum absolute atomic E-state index is 0.0267. The van der Waals surface area contributed by atoms with Crippen molar-refractivity contribution in [2.45, 2.75) is 82.5 Å². The SMILES string of the molecule is C[C@]12CCC(=O)C=C1[C@@H]1C[C@@H]1[C@H]1[C@@H]3CC[C@@](O)(CCC(=O)O)[C@@]3(C)CC3O[C@]312. The van der Waals surface area contributed by atoms with Crippen LogP contribution in [-0.2, 0) is 14.3 Å². The Bertz CT molecular complexity index is 833. The molecule has 1 spiro atoms. The van der Waals surface area contributed by atoms with Crippen LogP contribution >= 0.6 is 0 Å². The summed E-state index contributed by atoms with van der Waals surface area (Å²) < 4.78 is 6.62. The van der Waals surface area contributed by atoms with Crippen molar-refractivity contribution in [3.8, 4) is 0 Å². The quantitative estimate of drug-likeness (QED) is 0.728. The van der Waals surface area contributed by atoms with Gasteiger partial charge in [0.1, 0.15) is 5.60 Å². The number of aliphatic carboxylic acids is 1. The zero-order chi connectivity index (χ0) is 19.7. The van der Waals surface area contributed by atoms with Gasteiger partial charge in [-0.25, -0.2) is 0 Å². The van der Waals surface area contributed by atoms with Crippen LogP contribution in [0.4, 0.5) is 0 Å². The number of epoxide rings is 1. The fraction of sp³-hybridized carbons (Fsp3) is 0.826. The molecule has 6 aliphatic rings. The third-order valence-electron chi connectivity index (χ3n) is 10.2. The van der Waals surface area contributed by atoms with Gasteiger partial charge in [0.15, 0.2) is 5.78 Å². The van der Waals surface area contributed by atoms with Crippen molar-refractivity contribution in [2.24, 2.45) is 34.5 Å². The Morgan fingerprint density at radius 1 is 1.32 bits per heavy atom. The number of ketones is 1. The van der Waals surface area contributed by atoms with Crippen molar-refractivity contribution in [3.05, 3.63) is 11.6 Å². The molecule has 0 aromatic heterocycles. The van der Waals surface area contributed by atoms with Gasteiger partial charge in [0.05, 0.1) is 11.7 Å². The monoisotopic (exact) mass is 386 g/mol. The molecule has 0 radical (unpaired) electrons. The summed E-state index contributed by atoms with van der Waals surface area (Å²) in [7, 11) is 0. The molecule has 152 valence electrons. The molecule has 1 unspecified atom stereocenters. The molecular weight excluding hydrogens is 356 g/mol. The number of fused-ring (bicyclic) bond motifs is 6. The third kappa shape index (κ3) is 1.78. The van der Waals surface area contributed by atoms with Crippen LogP contribution in [0.3, 0.4) is 0 Å². The topological polar surface area (TPSA) is 87.1 Å². The Hall–Kier alpha value is -1.20. The van der Waals surface area contributed by atoms with Crippen molar-refractivity contribution in [1.82, 2.24) is 0 Å². The first kappa shape index (κ1) is 17.6. The summed E-state index contributed by atoms with van der Waals surface area (Å²) in [6.07, 6.45) is 7.59. The molecule has 1 aliphatic heterocycles. The van der Waals surface area contributed by atoms with Crippen molar-refractivity contribution in [2.75, 3.05) is 0 Å². The minimum atomic E-state index is -0.905. The molecule has 2 N–H and O–H groups in total. The summed E-state index contributed by atoms with van der Waals surface area (Å²) in [5, 5.41) is 20.8. The average Bonchev–Trinajstić information content (AvgIpc) is 3.52. The molecule has 9 atom stereocenters. The summed E-state index contributed by atoms with van der Waals surface area (Å²) in [5.41, 5.74) is -0.0168. The number of hydrogen-bond donors (Lipinski definition) is 2. The lowest BCUT2D eigenvalue weighted by Gasteiger charge is -2.56. The number of carbonyl (C=O) groups is 2. The van der Waals surface area contributed by atoms with Gasteiger partial charge in [-0.3, -0.25) is 9.59 Å². The molecule has 1 heterocycles. The first-order chi connectivity index (χ1) is 13.2. The predicted molar refractivity (Wildman–Crippen MR) is 100 cm³/mol. The molecular formula is C23H30O5. The Labute approximate surface area is 165 Å². The van der Waals surface area contributed by atoms with Crippen LogP contribution in [0.5, 0.6) is 0 Å². The Morgan fingerprint density at radius 3 is 2.86 bits per heavy atom. The van der Waals surface area contributed by atoms with Crippen LogP contribution in [0.1, 0.15) is 65.2 Å². The van der Waals surface area contributed by atoms with E-state index in [2.05, 4.69) is 13.8 Å². The molecule has 5 aliphatic carbocycles. The summed E-state index contributed by atoms with van der Waals surface area (Å²) in [5.74, 6) is 1.36. The molecule has 0 bridgehead atoms. The molecule has 5 heteroatoms. The van der Waals surface area contributed by atoms with Crippen molar-refractivity contribution >= 4 is 11.8 Å². The van der Waals surface area contributed by atoms with E-state index < -0.39 is 11.6 Å². The van der Waals surface area contributed by atoms with Crippen molar-refractivity contribution in [1.29, 1.82) is 0 Å². The van der Waals surface area contributed by atoms with Crippen LogP contribution in [0, 0.1) is 34.5 Å². The van der Waals surface area contributed by atoms with Crippen LogP contribution in [0.15, 0.2) is 11.6 Å². The van der Waals surface area contributed by atoms with E-state index in [1.165, 1.54) is 5.57 Å². The van der Waals surface area contributed by atoms with Gasteiger partial charge in [-0.15, -0.1) is 0 Å². The maximum absolute atomic E-state index is 12.1. The highest BCUT2D eigenvalue weighted by Gasteiger charge is 2.84. The number of ether oxygens (including phenoxy) is 1. The highest BCUT2D eigenvalue weighted by molar-refractivity contribution is 5.92. The van der Waals surface area contributed by atoms with Gasteiger partial charge in [-0.2, -0.15) is 0 Å². The predicted octanol–water partition coefficient (Wildman–Crippen LogP) is 3.10.